The van der Waals surface area contributed by atoms with Crippen LogP contribution < -0.4 is 4.74 Å². The lowest BCUT2D eigenvalue weighted by molar-refractivity contribution is 0.112. The zero-order chi connectivity index (χ0) is 13.0. The molecule has 0 amide bonds. The van der Waals surface area contributed by atoms with Crippen LogP contribution in [0.15, 0.2) is 42.5 Å². The van der Waals surface area contributed by atoms with Crippen LogP contribution in [0, 0.1) is 0 Å². The van der Waals surface area contributed by atoms with E-state index in [1.165, 1.54) is 5.56 Å². The number of halogens is 1. The number of rotatable bonds is 4. The Morgan fingerprint density at radius 2 is 2.06 bits per heavy atom. The minimum atomic E-state index is 0.449. The molecule has 2 aromatic carbocycles. The fourth-order valence-electron chi connectivity index (χ4n) is 1.66. The Morgan fingerprint density at radius 1 is 1.22 bits per heavy atom. The Labute approximate surface area is 111 Å². The number of hydrogen-bond donors (Lipinski definition) is 0. The topological polar surface area (TPSA) is 26.3 Å². The van der Waals surface area contributed by atoms with Gasteiger partial charge in [0.05, 0.1) is 5.56 Å². The maximum Gasteiger partial charge on any atom is 0.153 e. The molecule has 2 rings (SSSR count). The van der Waals surface area contributed by atoms with Crippen LogP contribution in [0.1, 0.15) is 22.8 Å². The number of hydrogen-bond acceptors (Lipinski definition) is 2. The molecule has 0 bridgehead atoms. The molecule has 2 nitrogen and oxygen atoms in total. The molecular weight excluding hydrogens is 248 g/mol. The number of aldehydes is 1. The van der Waals surface area contributed by atoms with Crippen LogP contribution in [-0.4, -0.2) is 6.29 Å². The monoisotopic (exact) mass is 260 g/mol. The normalized spacial score (nSPS) is 10.1. The highest BCUT2D eigenvalue weighted by Crippen LogP contribution is 2.27. The molecule has 0 saturated heterocycles. The average molecular weight is 261 g/mol. The number of carbonyl (C=O) groups excluding carboxylic acids is 1. The molecule has 0 atom stereocenters. The van der Waals surface area contributed by atoms with Crippen LogP contribution in [0.2, 0.25) is 5.02 Å². The Bertz CT molecular complexity index is 564. The van der Waals surface area contributed by atoms with Crippen molar-refractivity contribution in [2.45, 2.75) is 13.3 Å². The van der Waals surface area contributed by atoms with Crippen molar-refractivity contribution in [2.75, 3.05) is 0 Å². The Hall–Kier alpha value is -1.80. The van der Waals surface area contributed by atoms with Gasteiger partial charge in [-0.1, -0.05) is 30.7 Å². The van der Waals surface area contributed by atoms with Crippen LogP contribution >= 0.6 is 11.6 Å². The second-order valence-electron chi connectivity index (χ2n) is 3.90. The van der Waals surface area contributed by atoms with E-state index < -0.39 is 0 Å². The summed E-state index contributed by atoms with van der Waals surface area (Å²) in [7, 11) is 0. The standard InChI is InChI=1S/C15H13ClO2/c1-2-11-4-3-5-14(8-11)18-15-7-6-13(16)9-12(15)10-17/h3-10H,2H2,1H3. The summed E-state index contributed by atoms with van der Waals surface area (Å²) in [6.07, 6.45) is 1.68. The van der Waals surface area contributed by atoms with Crippen LogP contribution in [0.5, 0.6) is 11.5 Å². The predicted octanol–water partition coefficient (Wildman–Crippen LogP) is 4.51. The molecule has 0 aliphatic heterocycles. The van der Waals surface area contributed by atoms with Gasteiger partial charge in [-0.05, 0) is 42.3 Å². The zero-order valence-corrected chi connectivity index (χ0v) is 10.8. The molecule has 0 heterocycles. The summed E-state index contributed by atoms with van der Waals surface area (Å²) in [6.45, 7) is 2.08. The SMILES string of the molecule is CCc1cccc(Oc2ccc(Cl)cc2C=O)c1. The van der Waals surface area contributed by atoms with Crippen molar-refractivity contribution in [3.8, 4) is 11.5 Å². The molecule has 0 fully saturated rings. The first-order chi connectivity index (χ1) is 8.72. The summed E-state index contributed by atoms with van der Waals surface area (Å²) < 4.78 is 5.71. The minimum absolute atomic E-state index is 0.449. The molecule has 0 saturated carbocycles. The van der Waals surface area contributed by atoms with E-state index in [2.05, 4.69) is 6.92 Å². The first kappa shape index (κ1) is 12.7. The lowest BCUT2D eigenvalue weighted by Crippen LogP contribution is -1.91. The number of ether oxygens (including phenoxy) is 1. The highest BCUT2D eigenvalue weighted by molar-refractivity contribution is 6.30. The van der Waals surface area contributed by atoms with Crippen molar-refractivity contribution in [1.29, 1.82) is 0 Å². The molecule has 0 aromatic heterocycles. The Balaban J connectivity index is 2.30. The van der Waals surface area contributed by atoms with Gasteiger partial charge >= 0.3 is 0 Å². The molecule has 0 aliphatic rings. The lowest BCUT2D eigenvalue weighted by Gasteiger charge is -2.09. The fourth-order valence-corrected chi connectivity index (χ4v) is 1.84. The third-order valence-electron chi connectivity index (χ3n) is 2.63. The van der Waals surface area contributed by atoms with E-state index in [1.807, 2.05) is 24.3 Å². The van der Waals surface area contributed by atoms with E-state index in [-0.39, 0.29) is 0 Å². The Kier molecular flexibility index (Phi) is 4.00. The van der Waals surface area contributed by atoms with Gasteiger partial charge in [-0.25, -0.2) is 0 Å². The first-order valence-corrected chi connectivity index (χ1v) is 6.12. The largest absolute Gasteiger partial charge is 0.457 e. The number of aryl methyl sites for hydroxylation is 1. The summed E-state index contributed by atoms with van der Waals surface area (Å²) >= 11 is 5.83. The van der Waals surface area contributed by atoms with Gasteiger partial charge in [-0.2, -0.15) is 0 Å². The lowest BCUT2D eigenvalue weighted by atomic mass is 10.1. The van der Waals surface area contributed by atoms with Crippen molar-refractivity contribution in [2.24, 2.45) is 0 Å². The second kappa shape index (κ2) is 5.69. The van der Waals surface area contributed by atoms with Gasteiger partial charge in [0, 0.05) is 5.02 Å². The quantitative estimate of drug-likeness (QED) is 0.756. The molecule has 0 spiro atoms. The molecule has 18 heavy (non-hydrogen) atoms. The van der Waals surface area contributed by atoms with E-state index in [1.54, 1.807) is 18.2 Å². The summed E-state index contributed by atoms with van der Waals surface area (Å²) in [5, 5.41) is 0.520. The summed E-state index contributed by atoms with van der Waals surface area (Å²) in [6, 6.07) is 12.8. The third kappa shape index (κ3) is 2.90. The second-order valence-corrected chi connectivity index (χ2v) is 4.34. The molecule has 92 valence electrons. The number of benzene rings is 2. The van der Waals surface area contributed by atoms with Crippen molar-refractivity contribution < 1.29 is 9.53 Å². The van der Waals surface area contributed by atoms with E-state index in [0.717, 1.165) is 18.5 Å². The molecule has 3 heteroatoms. The molecule has 0 aliphatic carbocycles. The summed E-state index contributed by atoms with van der Waals surface area (Å²) in [4.78, 5) is 11.0. The first-order valence-electron chi connectivity index (χ1n) is 5.74. The number of carbonyl (C=O) groups is 1. The van der Waals surface area contributed by atoms with Gasteiger partial charge in [-0.15, -0.1) is 0 Å². The van der Waals surface area contributed by atoms with E-state index >= 15 is 0 Å². The van der Waals surface area contributed by atoms with Crippen LogP contribution in [0.25, 0.3) is 0 Å². The van der Waals surface area contributed by atoms with Gasteiger partial charge in [0.15, 0.2) is 6.29 Å². The van der Waals surface area contributed by atoms with Crippen molar-refractivity contribution in [1.82, 2.24) is 0 Å². The van der Waals surface area contributed by atoms with Gasteiger partial charge in [0.1, 0.15) is 11.5 Å². The van der Waals surface area contributed by atoms with E-state index in [4.69, 9.17) is 16.3 Å². The van der Waals surface area contributed by atoms with E-state index in [9.17, 15) is 4.79 Å². The zero-order valence-electron chi connectivity index (χ0n) is 10.0. The highest BCUT2D eigenvalue weighted by Gasteiger charge is 2.05. The van der Waals surface area contributed by atoms with Crippen LogP contribution in [0.3, 0.4) is 0 Å². The van der Waals surface area contributed by atoms with Crippen molar-refractivity contribution in [3.63, 3.8) is 0 Å². The minimum Gasteiger partial charge on any atom is -0.457 e. The van der Waals surface area contributed by atoms with E-state index in [0.29, 0.717) is 16.3 Å². The van der Waals surface area contributed by atoms with Gasteiger partial charge < -0.3 is 4.74 Å². The van der Waals surface area contributed by atoms with Crippen LogP contribution in [-0.2, 0) is 6.42 Å². The maximum absolute atomic E-state index is 11.0. The molecule has 2 aromatic rings. The molecule has 0 unspecified atom stereocenters. The van der Waals surface area contributed by atoms with Gasteiger partial charge in [0.25, 0.3) is 0 Å². The van der Waals surface area contributed by atoms with Gasteiger partial charge in [0.2, 0.25) is 0 Å². The molecule has 0 radical (unpaired) electrons. The highest BCUT2D eigenvalue weighted by atomic mass is 35.5. The fraction of sp³-hybridized carbons (Fsp3) is 0.133. The molecule has 0 N–H and O–H groups in total. The predicted molar refractivity (Wildman–Crippen MR) is 72.7 cm³/mol. The van der Waals surface area contributed by atoms with Gasteiger partial charge in [-0.3, -0.25) is 4.79 Å². The third-order valence-corrected chi connectivity index (χ3v) is 2.87. The van der Waals surface area contributed by atoms with Crippen molar-refractivity contribution >= 4 is 17.9 Å². The Morgan fingerprint density at radius 3 is 2.78 bits per heavy atom. The summed E-state index contributed by atoms with van der Waals surface area (Å²) in [5.74, 6) is 1.24. The average Bonchev–Trinajstić information content (AvgIpc) is 2.41. The molecular formula is C15H13ClO2. The van der Waals surface area contributed by atoms with Crippen LogP contribution in [0.4, 0.5) is 0 Å². The summed E-state index contributed by atoms with van der Waals surface area (Å²) in [5.41, 5.74) is 1.64. The smallest absolute Gasteiger partial charge is 0.153 e. The van der Waals surface area contributed by atoms with Crippen molar-refractivity contribution in [3.05, 3.63) is 58.6 Å². The maximum atomic E-state index is 11.0.